The van der Waals surface area contributed by atoms with E-state index >= 15 is 0 Å². The summed E-state index contributed by atoms with van der Waals surface area (Å²) in [5.41, 5.74) is 13.0. The van der Waals surface area contributed by atoms with Crippen LogP contribution in [0.4, 0.5) is 17.5 Å². The molecule has 0 radical (unpaired) electrons. The highest BCUT2D eigenvalue weighted by molar-refractivity contribution is 5.94. The van der Waals surface area contributed by atoms with E-state index in [0.717, 1.165) is 39.2 Å². The normalized spacial score (nSPS) is 11.6. The Morgan fingerprint density at radius 1 is 0.919 bits per heavy atom. The third-order valence-electron chi connectivity index (χ3n) is 6.58. The second-order valence-corrected chi connectivity index (χ2v) is 8.91. The summed E-state index contributed by atoms with van der Waals surface area (Å²) in [6.07, 6.45) is 9.12. The Labute approximate surface area is 216 Å². The first-order chi connectivity index (χ1) is 18.0. The molecule has 0 saturated carbocycles. The molecule has 5 rings (SSSR count). The molecule has 0 aliphatic rings. The van der Waals surface area contributed by atoms with Gasteiger partial charge in [0.05, 0.1) is 5.70 Å². The van der Waals surface area contributed by atoms with Crippen molar-refractivity contribution in [3.05, 3.63) is 107 Å². The maximum Gasteiger partial charge on any atom is 0.131 e. The molecule has 2 aromatic carbocycles. The Hall–Kier alpha value is -4.72. The summed E-state index contributed by atoms with van der Waals surface area (Å²) in [6, 6.07) is 16.4. The van der Waals surface area contributed by atoms with Crippen molar-refractivity contribution in [2.75, 3.05) is 16.4 Å². The summed E-state index contributed by atoms with van der Waals surface area (Å²) in [4.78, 5) is 13.0. The Morgan fingerprint density at radius 2 is 1.68 bits per heavy atom. The largest absolute Gasteiger partial charge is 0.383 e. The number of nitrogens with one attached hydrogen (secondary N) is 2. The molecular weight excluding hydrogens is 460 g/mol. The molecule has 0 spiro atoms. The number of nitrogens with zero attached hydrogens (tertiary/aromatic N) is 5. The van der Waals surface area contributed by atoms with Gasteiger partial charge in [0.1, 0.15) is 23.8 Å². The number of allylic oxidation sites excluding steroid dienone is 1. The fourth-order valence-corrected chi connectivity index (χ4v) is 4.56. The van der Waals surface area contributed by atoms with Crippen LogP contribution in [0.25, 0.3) is 16.5 Å². The van der Waals surface area contributed by atoms with Crippen LogP contribution in [0, 0.1) is 13.8 Å². The lowest BCUT2D eigenvalue weighted by Gasteiger charge is -2.15. The topological polar surface area (TPSA) is 107 Å². The molecule has 0 amide bonds. The molecule has 0 saturated heterocycles. The average molecular weight is 491 g/mol. The molecule has 0 aliphatic heterocycles. The minimum absolute atomic E-state index is 0.560. The minimum atomic E-state index is 0.560. The van der Waals surface area contributed by atoms with Crippen molar-refractivity contribution in [2.24, 2.45) is 0 Å². The van der Waals surface area contributed by atoms with Gasteiger partial charge in [0.25, 0.3) is 0 Å². The lowest BCUT2D eigenvalue weighted by atomic mass is 9.96. The summed E-state index contributed by atoms with van der Waals surface area (Å²) in [7, 11) is 0. The van der Waals surface area contributed by atoms with Crippen molar-refractivity contribution in [3.8, 4) is 0 Å². The number of pyridine rings is 1. The average Bonchev–Trinajstić information content (AvgIpc) is 3.44. The summed E-state index contributed by atoms with van der Waals surface area (Å²) < 4.78 is 1.87. The van der Waals surface area contributed by atoms with Gasteiger partial charge in [-0.25, -0.2) is 19.6 Å². The van der Waals surface area contributed by atoms with E-state index in [1.165, 1.54) is 16.7 Å². The zero-order chi connectivity index (χ0) is 25.8. The molecule has 5 aromatic rings. The van der Waals surface area contributed by atoms with Crippen molar-refractivity contribution in [1.29, 1.82) is 0 Å². The van der Waals surface area contributed by atoms with Gasteiger partial charge in [0, 0.05) is 43.1 Å². The molecule has 8 heteroatoms. The molecular formula is C29H30N8. The zero-order valence-corrected chi connectivity index (χ0v) is 21.2. The highest BCUT2D eigenvalue weighted by Crippen LogP contribution is 2.28. The van der Waals surface area contributed by atoms with Gasteiger partial charge in [0.2, 0.25) is 0 Å². The number of anilines is 3. The second-order valence-electron chi connectivity index (χ2n) is 8.91. The predicted molar refractivity (Wildman–Crippen MR) is 150 cm³/mol. The smallest absolute Gasteiger partial charge is 0.131 e. The fourth-order valence-electron chi connectivity index (χ4n) is 4.56. The van der Waals surface area contributed by atoms with E-state index in [4.69, 9.17) is 5.73 Å². The Bertz CT molecular complexity index is 1550. The van der Waals surface area contributed by atoms with Gasteiger partial charge in [0.15, 0.2) is 0 Å². The number of hydrogen-bond donors (Lipinski definition) is 3. The van der Waals surface area contributed by atoms with E-state index < -0.39 is 0 Å². The van der Waals surface area contributed by atoms with Crippen LogP contribution in [-0.4, -0.2) is 24.7 Å². The quantitative estimate of drug-likeness (QED) is 0.262. The summed E-state index contributed by atoms with van der Waals surface area (Å²) in [5.74, 6) is 2.08. The Morgan fingerprint density at radius 3 is 2.38 bits per heavy atom. The number of benzene rings is 2. The van der Waals surface area contributed by atoms with Gasteiger partial charge in [-0.05, 0) is 72.2 Å². The maximum absolute atomic E-state index is 6.09. The van der Waals surface area contributed by atoms with Gasteiger partial charge in [-0.15, -0.1) is 0 Å². The van der Waals surface area contributed by atoms with E-state index in [1.807, 2.05) is 36.0 Å². The third kappa shape index (κ3) is 5.13. The monoisotopic (exact) mass is 490 g/mol. The zero-order valence-electron chi connectivity index (χ0n) is 21.2. The third-order valence-corrected chi connectivity index (χ3v) is 6.58. The van der Waals surface area contributed by atoms with Crippen molar-refractivity contribution in [2.45, 2.75) is 33.9 Å². The van der Waals surface area contributed by atoms with Crippen LogP contribution in [0.5, 0.6) is 0 Å². The SMILES string of the molecule is C/C=C(/c1ccc(CNc2cc(NCc3c(C)cc4c(N)nccc4c3C)ncn2)cc1)n1cccn1. The summed E-state index contributed by atoms with van der Waals surface area (Å²) in [6.45, 7) is 7.54. The summed E-state index contributed by atoms with van der Waals surface area (Å²) in [5, 5.41) is 13.3. The number of aromatic nitrogens is 5. The van der Waals surface area contributed by atoms with Crippen LogP contribution in [-0.2, 0) is 13.1 Å². The van der Waals surface area contributed by atoms with Crippen LogP contribution in [0.15, 0.2) is 79.5 Å². The molecule has 0 bridgehead atoms. The molecule has 0 fully saturated rings. The number of hydrogen-bond acceptors (Lipinski definition) is 7. The molecule has 37 heavy (non-hydrogen) atoms. The number of aryl methyl sites for hydroxylation is 2. The van der Waals surface area contributed by atoms with Crippen LogP contribution in [0.1, 0.15) is 34.7 Å². The molecule has 8 nitrogen and oxygen atoms in total. The van der Waals surface area contributed by atoms with E-state index in [9.17, 15) is 0 Å². The molecule has 0 aliphatic carbocycles. The number of nitrogen functional groups attached to an aromatic ring is 1. The second kappa shape index (κ2) is 10.5. The standard InChI is InChI=1S/C29H30N8/c1-4-26(37-13-5-11-36-37)22-8-6-21(7-9-22)16-32-27-15-28(35-18-34-27)33-17-25-19(2)14-24-23(20(25)3)10-12-31-29(24)30/h4-15,18H,16-17H2,1-3H3,(H2,30,31)(H2,32,33,34,35)/b26-4-. The van der Waals surface area contributed by atoms with E-state index in [0.29, 0.717) is 18.9 Å². The highest BCUT2D eigenvalue weighted by atomic mass is 15.3. The minimum Gasteiger partial charge on any atom is -0.383 e. The molecule has 4 N–H and O–H groups in total. The fraction of sp³-hybridized carbons (Fsp3) is 0.172. The van der Waals surface area contributed by atoms with Crippen LogP contribution >= 0.6 is 0 Å². The summed E-state index contributed by atoms with van der Waals surface area (Å²) >= 11 is 0. The lowest BCUT2D eigenvalue weighted by Crippen LogP contribution is -2.08. The van der Waals surface area contributed by atoms with Gasteiger partial charge >= 0.3 is 0 Å². The first-order valence-electron chi connectivity index (χ1n) is 12.2. The van der Waals surface area contributed by atoms with E-state index in [-0.39, 0.29) is 0 Å². The van der Waals surface area contributed by atoms with Crippen molar-refractivity contribution < 1.29 is 0 Å². The van der Waals surface area contributed by atoms with Gasteiger partial charge < -0.3 is 16.4 Å². The number of rotatable bonds is 8. The van der Waals surface area contributed by atoms with E-state index in [1.54, 1.807) is 18.7 Å². The van der Waals surface area contributed by atoms with Crippen molar-refractivity contribution >= 4 is 33.9 Å². The van der Waals surface area contributed by atoms with Gasteiger partial charge in [-0.1, -0.05) is 30.3 Å². The molecule has 186 valence electrons. The van der Waals surface area contributed by atoms with Gasteiger partial charge in [-0.3, -0.25) is 0 Å². The lowest BCUT2D eigenvalue weighted by molar-refractivity contribution is 0.902. The van der Waals surface area contributed by atoms with Crippen LogP contribution in [0.2, 0.25) is 0 Å². The molecule has 0 atom stereocenters. The van der Waals surface area contributed by atoms with Crippen molar-refractivity contribution in [3.63, 3.8) is 0 Å². The first kappa shape index (κ1) is 24.0. The van der Waals surface area contributed by atoms with Crippen LogP contribution in [0.3, 0.4) is 0 Å². The molecule has 3 heterocycles. The predicted octanol–water partition coefficient (Wildman–Crippen LogP) is 5.55. The van der Waals surface area contributed by atoms with Crippen LogP contribution < -0.4 is 16.4 Å². The Balaban J connectivity index is 1.24. The number of nitrogens with two attached hydrogens (primary N) is 1. The maximum atomic E-state index is 6.09. The molecule has 0 unspecified atom stereocenters. The van der Waals surface area contributed by atoms with Crippen molar-refractivity contribution in [1.82, 2.24) is 24.7 Å². The molecule has 3 aromatic heterocycles. The van der Waals surface area contributed by atoms with E-state index in [2.05, 4.69) is 80.9 Å². The van der Waals surface area contributed by atoms with Gasteiger partial charge in [-0.2, -0.15) is 5.10 Å². The Kier molecular flexibility index (Phi) is 6.81. The highest BCUT2D eigenvalue weighted by Gasteiger charge is 2.11. The first-order valence-corrected chi connectivity index (χ1v) is 12.2. The number of fused-ring (bicyclic) bond motifs is 1.